The Hall–Kier alpha value is -2.26. The van der Waals surface area contributed by atoms with Crippen LogP contribution in [0.4, 0.5) is 14.6 Å². The third-order valence-corrected chi connectivity index (χ3v) is 6.97. The van der Waals surface area contributed by atoms with Crippen molar-refractivity contribution in [2.45, 2.75) is 57.9 Å². The average Bonchev–Trinajstić information content (AvgIpc) is 3.09. The summed E-state index contributed by atoms with van der Waals surface area (Å²) in [7, 11) is 1.79. The van der Waals surface area contributed by atoms with Crippen LogP contribution >= 0.6 is 0 Å². The molecule has 176 valence electrons. The predicted molar refractivity (Wildman–Crippen MR) is 119 cm³/mol. The zero-order chi connectivity index (χ0) is 23.0. The Morgan fingerprint density at radius 2 is 2.06 bits per heavy atom. The van der Waals surface area contributed by atoms with Gasteiger partial charge in [0.05, 0.1) is 11.8 Å². The van der Waals surface area contributed by atoms with Gasteiger partial charge in [0.15, 0.2) is 11.6 Å². The molecule has 9 heteroatoms. The van der Waals surface area contributed by atoms with Gasteiger partial charge in [-0.3, -0.25) is 4.90 Å². The minimum atomic E-state index is -2.99. The monoisotopic (exact) mass is 449 g/mol. The lowest BCUT2D eigenvalue weighted by atomic mass is 10.0. The van der Waals surface area contributed by atoms with Crippen molar-refractivity contribution in [3.05, 3.63) is 29.6 Å². The van der Waals surface area contributed by atoms with Gasteiger partial charge in [-0.2, -0.15) is 8.78 Å². The van der Waals surface area contributed by atoms with Crippen LogP contribution in [0.3, 0.4) is 0 Å². The summed E-state index contributed by atoms with van der Waals surface area (Å²) < 4.78 is 35.2. The van der Waals surface area contributed by atoms with Crippen molar-refractivity contribution in [3.63, 3.8) is 0 Å². The zero-order valence-electron chi connectivity index (χ0n) is 18.9. The number of nitrogens with zero attached hydrogens (tertiary/aromatic N) is 2. The van der Waals surface area contributed by atoms with Crippen molar-refractivity contribution in [2.75, 3.05) is 25.9 Å². The standard InChI is InChI=1S/C23H33F2N5O2/c1-12(2)29-19(9-18(26)13-6-20(32-23(24)25)22(27)28-10-13)21-16-7-14(8-17(16)21)30-5-4-15(11-30)31-3/h6,9-10,12,14-17,21,23,26,29H,4-5,7-8,11H2,1-3H3,(H2,27,28)/b19-9-,26-18?/t14-,15?,16+,17-,21-. The van der Waals surface area contributed by atoms with E-state index in [4.69, 9.17) is 15.9 Å². The summed E-state index contributed by atoms with van der Waals surface area (Å²) in [4.78, 5) is 6.49. The second-order valence-electron chi connectivity index (χ2n) is 9.42. The van der Waals surface area contributed by atoms with E-state index in [9.17, 15) is 8.78 Å². The van der Waals surface area contributed by atoms with E-state index in [1.54, 1.807) is 7.11 Å². The number of likely N-dealkylation sites (tertiary alicyclic amines) is 1. The quantitative estimate of drug-likeness (QED) is 0.501. The number of nitrogen functional groups attached to an aromatic ring is 1. The minimum Gasteiger partial charge on any atom is -0.431 e. The van der Waals surface area contributed by atoms with Crippen LogP contribution in [-0.2, 0) is 4.74 Å². The first kappa shape index (κ1) is 22.9. The normalized spacial score (nSPS) is 30.1. The molecule has 1 saturated heterocycles. The molecule has 1 aliphatic heterocycles. The highest BCUT2D eigenvalue weighted by Gasteiger charge is 2.58. The SMILES string of the molecule is COC1CCN([C@H]2C[C@@H]3[C@H](C2)[C@H]3/C(=C/C(=N)c2cnc(N)c(OC(F)F)c2)NC(C)C)C1. The van der Waals surface area contributed by atoms with Gasteiger partial charge in [0, 0.05) is 55.7 Å². The van der Waals surface area contributed by atoms with Crippen molar-refractivity contribution in [1.29, 1.82) is 5.41 Å². The number of rotatable bonds is 9. The Balaban J connectivity index is 1.44. The number of allylic oxidation sites excluding steroid dienone is 2. The lowest BCUT2D eigenvalue weighted by Crippen LogP contribution is -2.34. The Morgan fingerprint density at radius 1 is 1.34 bits per heavy atom. The molecule has 4 rings (SSSR count). The number of methoxy groups -OCH3 is 1. The highest BCUT2D eigenvalue weighted by atomic mass is 19.3. The number of fused-ring (bicyclic) bond motifs is 1. The Morgan fingerprint density at radius 3 is 2.66 bits per heavy atom. The number of halogens is 2. The zero-order valence-corrected chi connectivity index (χ0v) is 18.9. The van der Waals surface area contributed by atoms with Crippen molar-refractivity contribution in [2.24, 2.45) is 17.8 Å². The maximum atomic E-state index is 12.6. The van der Waals surface area contributed by atoms with Gasteiger partial charge in [0.1, 0.15) is 0 Å². The number of ether oxygens (including phenoxy) is 2. The summed E-state index contributed by atoms with van der Waals surface area (Å²) in [6, 6.07) is 2.20. The summed E-state index contributed by atoms with van der Waals surface area (Å²) in [5.41, 5.74) is 7.26. The van der Waals surface area contributed by atoms with Gasteiger partial charge in [-0.05, 0) is 57.1 Å². The summed E-state index contributed by atoms with van der Waals surface area (Å²) in [6.07, 6.45) is 7.04. The number of alkyl halides is 2. The summed E-state index contributed by atoms with van der Waals surface area (Å²) >= 11 is 0. The first-order valence-electron chi connectivity index (χ1n) is 11.3. The molecule has 1 unspecified atom stereocenters. The maximum Gasteiger partial charge on any atom is 0.387 e. The molecule has 0 bridgehead atoms. The largest absolute Gasteiger partial charge is 0.431 e. The molecule has 7 nitrogen and oxygen atoms in total. The molecule has 0 radical (unpaired) electrons. The number of nitrogens with one attached hydrogen (secondary N) is 2. The van der Waals surface area contributed by atoms with Crippen molar-refractivity contribution in [3.8, 4) is 5.75 Å². The van der Waals surface area contributed by atoms with Gasteiger partial charge in [-0.15, -0.1) is 0 Å². The summed E-state index contributed by atoms with van der Waals surface area (Å²) in [5.74, 6) is 1.32. The molecular formula is C23H33F2N5O2. The molecular weight excluding hydrogens is 416 g/mol. The Kier molecular flexibility index (Phi) is 6.67. The van der Waals surface area contributed by atoms with Crippen LogP contribution in [-0.4, -0.2) is 60.6 Å². The van der Waals surface area contributed by atoms with Crippen LogP contribution in [0, 0.1) is 23.2 Å². The van der Waals surface area contributed by atoms with Crippen molar-refractivity contribution >= 4 is 11.5 Å². The number of hydrogen-bond acceptors (Lipinski definition) is 7. The van der Waals surface area contributed by atoms with Gasteiger partial charge < -0.3 is 25.9 Å². The van der Waals surface area contributed by atoms with E-state index in [0.29, 0.717) is 35.5 Å². The molecule has 0 spiro atoms. The lowest BCUT2D eigenvalue weighted by Gasteiger charge is -2.27. The van der Waals surface area contributed by atoms with Crippen LogP contribution in [0.2, 0.25) is 0 Å². The molecule has 4 N–H and O–H groups in total. The molecule has 1 aromatic heterocycles. The van der Waals surface area contributed by atoms with E-state index in [1.807, 2.05) is 6.08 Å². The molecule has 2 saturated carbocycles. The first-order chi connectivity index (χ1) is 15.3. The highest BCUT2D eigenvalue weighted by Crippen LogP contribution is 2.61. The van der Waals surface area contributed by atoms with Gasteiger partial charge in [-0.25, -0.2) is 4.98 Å². The fourth-order valence-corrected chi connectivity index (χ4v) is 5.45. The van der Waals surface area contributed by atoms with E-state index in [2.05, 4.69) is 33.8 Å². The number of aromatic nitrogens is 1. The minimum absolute atomic E-state index is 0.119. The molecule has 0 aromatic carbocycles. The third kappa shape index (κ3) is 4.88. The van der Waals surface area contributed by atoms with E-state index in [-0.39, 0.29) is 23.3 Å². The van der Waals surface area contributed by atoms with Gasteiger partial charge >= 0.3 is 6.61 Å². The second kappa shape index (κ2) is 9.31. The van der Waals surface area contributed by atoms with E-state index in [1.165, 1.54) is 25.1 Å². The van der Waals surface area contributed by atoms with E-state index >= 15 is 0 Å². The van der Waals surface area contributed by atoms with E-state index < -0.39 is 6.61 Å². The molecule has 2 aliphatic carbocycles. The molecule has 1 aromatic rings. The van der Waals surface area contributed by atoms with Crippen LogP contribution < -0.4 is 15.8 Å². The molecule has 5 atom stereocenters. The second-order valence-corrected chi connectivity index (χ2v) is 9.42. The summed E-state index contributed by atoms with van der Waals surface area (Å²) in [5, 5.41) is 12.1. The first-order valence-corrected chi connectivity index (χ1v) is 11.3. The smallest absolute Gasteiger partial charge is 0.387 e. The molecule has 2 heterocycles. The highest BCUT2D eigenvalue weighted by molar-refractivity contribution is 6.07. The predicted octanol–water partition coefficient (Wildman–Crippen LogP) is 3.26. The number of anilines is 1. The van der Waals surface area contributed by atoms with Gasteiger partial charge in [-0.1, -0.05) is 0 Å². The van der Waals surface area contributed by atoms with Crippen LogP contribution in [0.1, 0.15) is 38.7 Å². The van der Waals surface area contributed by atoms with Crippen molar-refractivity contribution < 1.29 is 18.3 Å². The number of hydrogen-bond donors (Lipinski definition) is 3. The van der Waals surface area contributed by atoms with Crippen molar-refractivity contribution in [1.82, 2.24) is 15.2 Å². The maximum absolute atomic E-state index is 12.6. The average molecular weight is 450 g/mol. The molecule has 3 aliphatic rings. The molecule has 32 heavy (non-hydrogen) atoms. The molecule has 3 fully saturated rings. The fraction of sp³-hybridized carbons (Fsp3) is 0.652. The Labute approximate surface area is 187 Å². The van der Waals surface area contributed by atoms with Crippen LogP contribution in [0.25, 0.3) is 0 Å². The lowest BCUT2D eigenvalue weighted by molar-refractivity contribution is -0.0495. The topological polar surface area (TPSA) is 96.5 Å². The van der Waals surface area contributed by atoms with Gasteiger partial charge in [0.25, 0.3) is 0 Å². The fourth-order valence-electron chi connectivity index (χ4n) is 5.45. The third-order valence-electron chi connectivity index (χ3n) is 6.97. The number of pyridine rings is 1. The number of nitrogens with two attached hydrogens (primary N) is 1. The van der Waals surface area contributed by atoms with Crippen LogP contribution in [0.5, 0.6) is 5.75 Å². The van der Waals surface area contributed by atoms with Crippen LogP contribution in [0.15, 0.2) is 24.0 Å². The molecule has 0 amide bonds. The Bertz CT molecular complexity index is 866. The van der Waals surface area contributed by atoms with E-state index in [0.717, 1.165) is 25.2 Å². The summed E-state index contributed by atoms with van der Waals surface area (Å²) in [6.45, 7) is 3.29. The van der Waals surface area contributed by atoms with Gasteiger partial charge in [0.2, 0.25) is 0 Å².